The number of aldehydes is 1. The maximum Gasteiger partial charge on any atom is 0.170 e. The molecule has 0 aromatic heterocycles. The van der Waals surface area contributed by atoms with E-state index in [1.165, 1.54) is 6.07 Å². The minimum absolute atomic E-state index is 0.103. The van der Waals surface area contributed by atoms with Crippen LogP contribution in [-0.2, 0) is 0 Å². The second-order valence-corrected chi connectivity index (χ2v) is 4.54. The maximum absolute atomic E-state index is 10.9. The molecule has 3 N–H and O–H groups in total. The van der Waals surface area contributed by atoms with Crippen molar-refractivity contribution in [1.29, 1.82) is 0 Å². The van der Waals surface area contributed by atoms with Crippen LogP contribution in [0.1, 0.15) is 22.8 Å². The Bertz CT molecular complexity index is 668. The molecule has 5 heteroatoms. The zero-order chi connectivity index (χ0) is 15.4. The SMILES string of the molecule is CCOc1ccc(C=O)cc1Oc1cc(C)c(O)cc1N. The summed E-state index contributed by atoms with van der Waals surface area (Å²) >= 11 is 0. The van der Waals surface area contributed by atoms with Crippen molar-refractivity contribution in [1.82, 2.24) is 0 Å². The van der Waals surface area contributed by atoms with Gasteiger partial charge in [-0.1, -0.05) is 0 Å². The summed E-state index contributed by atoms with van der Waals surface area (Å²) in [6, 6.07) is 7.96. The summed E-state index contributed by atoms with van der Waals surface area (Å²) < 4.78 is 11.2. The van der Waals surface area contributed by atoms with E-state index in [0.717, 1.165) is 6.29 Å². The molecule has 0 radical (unpaired) electrons. The molecule has 0 saturated carbocycles. The Hall–Kier alpha value is -2.69. The fraction of sp³-hybridized carbons (Fsp3) is 0.188. The molecule has 0 aliphatic carbocycles. The molecule has 21 heavy (non-hydrogen) atoms. The van der Waals surface area contributed by atoms with Gasteiger partial charge in [0.1, 0.15) is 12.0 Å². The second-order valence-electron chi connectivity index (χ2n) is 4.54. The molecular weight excluding hydrogens is 270 g/mol. The lowest BCUT2D eigenvalue weighted by Gasteiger charge is -2.14. The van der Waals surface area contributed by atoms with E-state index in [4.69, 9.17) is 15.2 Å². The molecule has 0 saturated heterocycles. The van der Waals surface area contributed by atoms with E-state index in [0.29, 0.717) is 40.7 Å². The number of phenols is 1. The van der Waals surface area contributed by atoms with Crippen LogP contribution in [0.2, 0.25) is 0 Å². The Morgan fingerprint density at radius 3 is 2.62 bits per heavy atom. The third kappa shape index (κ3) is 3.25. The first-order valence-corrected chi connectivity index (χ1v) is 6.54. The van der Waals surface area contributed by atoms with Gasteiger partial charge in [0.15, 0.2) is 17.2 Å². The normalized spacial score (nSPS) is 10.2. The van der Waals surface area contributed by atoms with E-state index in [2.05, 4.69) is 0 Å². The number of aryl methyl sites for hydroxylation is 1. The van der Waals surface area contributed by atoms with Crippen molar-refractivity contribution < 1.29 is 19.4 Å². The molecule has 2 aromatic rings. The first-order chi connectivity index (χ1) is 10.0. The molecule has 0 unspecified atom stereocenters. The van der Waals surface area contributed by atoms with Gasteiger partial charge in [-0.05, 0) is 43.7 Å². The first kappa shape index (κ1) is 14.7. The van der Waals surface area contributed by atoms with Crippen LogP contribution in [0.25, 0.3) is 0 Å². The molecule has 0 aliphatic rings. The predicted molar refractivity (Wildman–Crippen MR) is 80.3 cm³/mol. The summed E-state index contributed by atoms with van der Waals surface area (Å²) in [5.74, 6) is 1.42. The number of nitrogen functional groups attached to an aromatic ring is 1. The number of rotatable bonds is 5. The predicted octanol–water partition coefficient (Wildman–Crippen LogP) is 3.29. The number of carbonyl (C=O) groups excluding carboxylic acids is 1. The van der Waals surface area contributed by atoms with Gasteiger partial charge in [0.05, 0.1) is 12.3 Å². The lowest BCUT2D eigenvalue weighted by molar-refractivity contribution is 0.112. The fourth-order valence-electron chi connectivity index (χ4n) is 1.85. The number of aromatic hydroxyl groups is 1. The Kier molecular flexibility index (Phi) is 4.33. The van der Waals surface area contributed by atoms with Crippen LogP contribution in [0.5, 0.6) is 23.0 Å². The van der Waals surface area contributed by atoms with Gasteiger partial charge in [-0.25, -0.2) is 0 Å². The Labute approximate surface area is 122 Å². The summed E-state index contributed by atoms with van der Waals surface area (Å²) in [5.41, 5.74) is 7.26. The fourth-order valence-corrected chi connectivity index (χ4v) is 1.85. The lowest BCUT2D eigenvalue weighted by atomic mass is 10.2. The van der Waals surface area contributed by atoms with Crippen LogP contribution in [0.3, 0.4) is 0 Å². The molecule has 5 nitrogen and oxygen atoms in total. The standard InChI is InChI=1S/C16H17NO4/c1-3-20-14-5-4-11(9-18)7-16(14)21-15-6-10(2)13(19)8-12(15)17/h4-9,19H,3,17H2,1-2H3. The van der Waals surface area contributed by atoms with Gasteiger partial charge in [-0.15, -0.1) is 0 Å². The number of ether oxygens (including phenoxy) is 2. The molecule has 0 atom stereocenters. The third-order valence-corrected chi connectivity index (χ3v) is 2.95. The monoisotopic (exact) mass is 287 g/mol. The zero-order valence-corrected chi connectivity index (χ0v) is 11.9. The minimum atomic E-state index is 0.103. The van der Waals surface area contributed by atoms with E-state index < -0.39 is 0 Å². The van der Waals surface area contributed by atoms with Crippen molar-refractivity contribution in [3.05, 3.63) is 41.5 Å². The van der Waals surface area contributed by atoms with Crippen molar-refractivity contribution in [2.24, 2.45) is 0 Å². The second kappa shape index (κ2) is 6.17. The molecule has 0 heterocycles. The average Bonchev–Trinajstić information content (AvgIpc) is 2.46. The van der Waals surface area contributed by atoms with Gasteiger partial charge < -0.3 is 20.3 Å². The van der Waals surface area contributed by atoms with Crippen molar-refractivity contribution in [2.75, 3.05) is 12.3 Å². The van der Waals surface area contributed by atoms with Crippen LogP contribution in [0.15, 0.2) is 30.3 Å². The largest absolute Gasteiger partial charge is 0.508 e. The van der Waals surface area contributed by atoms with Crippen LogP contribution in [-0.4, -0.2) is 18.0 Å². The molecule has 0 fully saturated rings. The smallest absolute Gasteiger partial charge is 0.170 e. The molecule has 2 aromatic carbocycles. The molecule has 0 bridgehead atoms. The summed E-state index contributed by atoms with van der Waals surface area (Å²) in [5, 5.41) is 9.61. The summed E-state index contributed by atoms with van der Waals surface area (Å²) in [7, 11) is 0. The highest BCUT2D eigenvalue weighted by atomic mass is 16.5. The highest BCUT2D eigenvalue weighted by Crippen LogP contribution is 2.37. The van der Waals surface area contributed by atoms with Gasteiger partial charge >= 0.3 is 0 Å². The van der Waals surface area contributed by atoms with Crippen LogP contribution in [0.4, 0.5) is 5.69 Å². The number of phenolic OH excluding ortho intramolecular Hbond substituents is 1. The van der Waals surface area contributed by atoms with Gasteiger partial charge in [0.25, 0.3) is 0 Å². The van der Waals surface area contributed by atoms with Crippen LogP contribution >= 0.6 is 0 Å². The third-order valence-electron chi connectivity index (χ3n) is 2.95. The summed E-state index contributed by atoms with van der Waals surface area (Å²) in [4.78, 5) is 10.9. The van der Waals surface area contributed by atoms with E-state index in [-0.39, 0.29) is 5.75 Å². The van der Waals surface area contributed by atoms with Crippen LogP contribution < -0.4 is 15.2 Å². The van der Waals surface area contributed by atoms with Crippen molar-refractivity contribution >= 4 is 12.0 Å². The maximum atomic E-state index is 10.9. The van der Waals surface area contributed by atoms with E-state index in [9.17, 15) is 9.90 Å². The van der Waals surface area contributed by atoms with Gasteiger partial charge in [-0.2, -0.15) is 0 Å². The van der Waals surface area contributed by atoms with E-state index in [1.54, 1.807) is 31.2 Å². The number of hydrogen-bond donors (Lipinski definition) is 2. The quantitative estimate of drug-likeness (QED) is 0.651. The number of carbonyl (C=O) groups is 1. The number of nitrogens with two attached hydrogens (primary N) is 1. The number of hydrogen-bond acceptors (Lipinski definition) is 5. The number of benzene rings is 2. The van der Waals surface area contributed by atoms with E-state index >= 15 is 0 Å². The Morgan fingerprint density at radius 1 is 1.19 bits per heavy atom. The van der Waals surface area contributed by atoms with Crippen molar-refractivity contribution in [3.63, 3.8) is 0 Å². The van der Waals surface area contributed by atoms with Crippen molar-refractivity contribution in [2.45, 2.75) is 13.8 Å². The Morgan fingerprint density at radius 2 is 1.95 bits per heavy atom. The molecule has 0 spiro atoms. The highest BCUT2D eigenvalue weighted by molar-refractivity contribution is 5.76. The molecule has 0 aliphatic heterocycles. The topological polar surface area (TPSA) is 81.8 Å². The van der Waals surface area contributed by atoms with E-state index in [1.807, 2.05) is 6.92 Å². The zero-order valence-electron chi connectivity index (χ0n) is 11.9. The van der Waals surface area contributed by atoms with Crippen LogP contribution in [0, 0.1) is 6.92 Å². The first-order valence-electron chi connectivity index (χ1n) is 6.54. The highest BCUT2D eigenvalue weighted by Gasteiger charge is 2.11. The molecular formula is C16H17NO4. The van der Waals surface area contributed by atoms with Gasteiger partial charge in [0.2, 0.25) is 0 Å². The Balaban J connectivity index is 2.42. The average molecular weight is 287 g/mol. The minimum Gasteiger partial charge on any atom is -0.508 e. The molecule has 110 valence electrons. The summed E-state index contributed by atoms with van der Waals surface area (Å²) in [6.07, 6.45) is 0.730. The van der Waals surface area contributed by atoms with Gasteiger partial charge in [-0.3, -0.25) is 4.79 Å². The van der Waals surface area contributed by atoms with Crippen molar-refractivity contribution in [3.8, 4) is 23.0 Å². The molecule has 0 amide bonds. The number of anilines is 1. The van der Waals surface area contributed by atoms with Gasteiger partial charge in [0, 0.05) is 11.6 Å². The molecule has 2 rings (SSSR count). The summed E-state index contributed by atoms with van der Waals surface area (Å²) in [6.45, 7) is 4.07. The lowest BCUT2D eigenvalue weighted by Crippen LogP contribution is -1.98.